The molecular weight excluding hydrogens is 502 g/mol. The highest BCUT2D eigenvalue weighted by molar-refractivity contribution is 7.13. The predicted molar refractivity (Wildman–Crippen MR) is 131 cm³/mol. The van der Waals surface area contributed by atoms with Gasteiger partial charge < -0.3 is 26.3 Å². The van der Waals surface area contributed by atoms with Crippen molar-refractivity contribution in [3.8, 4) is 0 Å². The van der Waals surface area contributed by atoms with Gasteiger partial charge in [-0.1, -0.05) is 5.16 Å². The Balaban J connectivity index is 1.35. The van der Waals surface area contributed by atoms with Gasteiger partial charge in [0.2, 0.25) is 0 Å². The fourth-order valence-corrected chi connectivity index (χ4v) is 5.33. The first-order chi connectivity index (χ1) is 17.8. The molecule has 0 spiro atoms. The van der Waals surface area contributed by atoms with Crippen LogP contribution in [0, 0.1) is 0 Å². The fraction of sp³-hybridized carbons (Fsp3) is 0.261. The van der Waals surface area contributed by atoms with E-state index in [1.807, 2.05) is 0 Å². The number of β-lactam (4-membered cyclic amide) rings is 1. The Morgan fingerprint density at radius 3 is 2.65 bits per heavy atom. The first-order valence-corrected chi connectivity index (χ1v) is 12.1. The lowest BCUT2D eigenvalue weighted by molar-refractivity contribution is -0.155. The summed E-state index contributed by atoms with van der Waals surface area (Å²) in [5, 5.41) is 26.3. The van der Waals surface area contributed by atoms with Gasteiger partial charge in [0.15, 0.2) is 10.8 Å². The Hall–Kier alpha value is -4.59. The molecule has 190 valence electrons. The minimum Gasteiger partial charge on any atom is -0.477 e. The van der Waals surface area contributed by atoms with Gasteiger partial charge in [0.1, 0.15) is 17.4 Å². The molecule has 0 unspecified atom stereocenters. The molecule has 2 atom stereocenters. The van der Waals surface area contributed by atoms with Crippen LogP contribution in [0.15, 0.2) is 58.0 Å². The summed E-state index contributed by atoms with van der Waals surface area (Å²) in [5.74, 6) is -2.99. The third kappa shape index (κ3) is 4.20. The topological polar surface area (TPSA) is 191 Å². The Morgan fingerprint density at radius 2 is 2.00 bits per heavy atom. The van der Waals surface area contributed by atoms with E-state index in [-0.39, 0.29) is 28.9 Å². The molecule has 0 aliphatic carbocycles. The van der Waals surface area contributed by atoms with Gasteiger partial charge in [-0.15, -0.1) is 11.3 Å². The summed E-state index contributed by atoms with van der Waals surface area (Å²) >= 11 is 1.05. The van der Waals surface area contributed by atoms with Crippen molar-refractivity contribution in [1.82, 2.24) is 20.2 Å². The zero-order chi connectivity index (χ0) is 26.3. The number of hydrogen-bond donors (Lipinski definition) is 4. The van der Waals surface area contributed by atoms with E-state index in [4.69, 9.17) is 5.73 Å². The molecule has 13 nitrogen and oxygen atoms in total. The summed E-state index contributed by atoms with van der Waals surface area (Å²) in [6.45, 7) is 0.448. The third-order valence-corrected chi connectivity index (χ3v) is 7.16. The Morgan fingerprint density at radius 1 is 1.24 bits per heavy atom. The SMILES string of the molecule is Nc1nc(/C(=N/O)C(=O)N[C@@H]2C(=O)N3C(C(=O)O)=C(C=C4CCN(c5ccncc5)C4=O)CC[C@H]23)cs1. The van der Waals surface area contributed by atoms with Crippen LogP contribution in [-0.2, 0) is 19.2 Å². The molecule has 0 bridgehead atoms. The molecular formula is C23H21N7O6S. The van der Waals surface area contributed by atoms with E-state index in [0.29, 0.717) is 36.2 Å². The molecule has 0 saturated carbocycles. The second-order valence-electron chi connectivity index (χ2n) is 8.55. The van der Waals surface area contributed by atoms with E-state index in [9.17, 15) is 29.5 Å². The molecule has 3 aliphatic heterocycles. The van der Waals surface area contributed by atoms with Crippen molar-refractivity contribution in [2.75, 3.05) is 17.2 Å². The van der Waals surface area contributed by atoms with Crippen molar-refractivity contribution >= 4 is 51.6 Å². The maximum atomic E-state index is 13.0. The third-order valence-electron chi connectivity index (χ3n) is 6.49. The van der Waals surface area contributed by atoms with Crippen molar-refractivity contribution in [3.63, 3.8) is 0 Å². The number of anilines is 2. The highest BCUT2D eigenvalue weighted by Gasteiger charge is 2.53. The quantitative estimate of drug-likeness (QED) is 0.137. The second-order valence-corrected chi connectivity index (χ2v) is 9.44. The standard InChI is InChI=1S/C23H21N7O6S/c24-23-26-14(10-37-23)16(28-36)19(31)27-17-15-2-1-11(18(22(34)35)30(15)21(17)33)9-12-5-8-29(20(12)32)13-3-6-25-7-4-13/h3-4,6-7,9-10,15,17,36H,1-2,5,8H2,(H2,24,26)(H,27,31)(H,34,35)/b12-9?,28-16-/t15-,17+/m1/s1. The average Bonchev–Trinajstić information content (AvgIpc) is 3.48. The summed E-state index contributed by atoms with van der Waals surface area (Å²) in [4.78, 5) is 61.3. The summed E-state index contributed by atoms with van der Waals surface area (Å²) in [5.41, 5.74) is 6.52. The summed E-state index contributed by atoms with van der Waals surface area (Å²) in [6.07, 6.45) is 5.82. The van der Waals surface area contributed by atoms with E-state index in [2.05, 4.69) is 20.4 Å². The van der Waals surface area contributed by atoms with E-state index in [0.717, 1.165) is 16.2 Å². The molecule has 2 fully saturated rings. The predicted octanol–water partition coefficient (Wildman–Crippen LogP) is 0.490. The lowest BCUT2D eigenvalue weighted by Crippen LogP contribution is -2.72. The van der Waals surface area contributed by atoms with Gasteiger partial charge in [-0.05, 0) is 43.0 Å². The number of aliphatic carboxylic acids is 1. The lowest BCUT2D eigenvalue weighted by Gasteiger charge is -2.50. The van der Waals surface area contributed by atoms with Crippen LogP contribution in [0.3, 0.4) is 0 Å². The van der Waals surface area contributed by atoms with Crippen LogP contribution in [0.25, 0.3) is 0 Å². The number of allylic oxidation sites excluding steroid dienone is 2. The highest BCUT2D eigenvalue weighted by Crippen LogP contribution is 2.38. The molecule has 14 heteroatoms. The van der Waals surface area contributed by atoms with E-state index in [1.54, 1.807) is 35.5 Å². The molecule has 2 saturated heterocycles. The number of thiazole rings is 1. The number of amides is 3. The van der Waals surface area contributed by atoms with E-state index >= 15 is 0 Å². The average molecular weight is 524 g/mol. The number of carboxylic acid groups (broad SMARTS) is 1. The minimum absolute atomic E-state index is 0.0526. The Kier molecular flexibility index (Phi) is 6.17. The molecule has 3 amide bonds. The molecule has 37 heavy (non-hydrogen) atoms. The van der Waals surface area contributed by atoms with Crippen LogP contribution in [-0.4, -0.2) is 73.2 Å². The van der Waals surface area contributed by atoms with Gasteiger partial charge in [0.25, 0.3) is 17.7 Å². The number of nitrogen functional groups attached to an aromatic ring is 1. The normalized spacial score (nSPS) is 22.8. The van der Waals surface area contributed by atoms with Gasteiger partial charge in [0, 0.05) is 35.6 Å². The molecule has 5 heterocycles. The van der Waals surface area contributed by atoms with Crippen LogP contribution in [0.2, 0.25) is 0 Å². The number of aromatic nitrogens is 2. The van der Waals surface area contributed by atoms with Gasteiger partial charge in [-0.2, -0.15) is 0 Å². The van der Waals surface area contributed by atoms with Crippen LogP contribution in [0.5, 0.6) is 0 Å². The number of rotatable bonds is 6. The minimum atomic E-state index is -1.30. The maximum absolute atomic E-state index is 13.0. The van der Waals surface area contributed by atoms with E-state index < -0.39 is 35.6 Å². The number of carbonyl (C=O) groups excluding carboxylic acids is 3. The van der Waals surface area contributed by atoms with Gasteiger partial charge in [-0.25, -0.2) is 9.78 Å². The monoisotopic (exact) mass is 523 g/mol. The van der Waals surface area contributed by atoms with Crippen LogP contribution < -0.4 is 16.0 Å². The number of carboxylic acids is 1. The van der Waals surface area contributed by atoms with E-state index in [1.165, 1.54) is 5.38 Å². The zero-order valence-corrected chi connectivity index (χ0v) is 20.0. The Bertz CT molecular complexity index is 1400. The number of oxime groups is 1. The number of nitrogens with two attached hydrogens (primary N) is 1. The van der Waals surface area contributed by atoms with Crippen LogP contribution in [0.4, 0.5) is 10.8 Å². The molecule has 5 rings (SSSR count). The van der Waals surface area contributed by atoms with Crippen LogP contribution >= 0.6 is 11.3 Å². The number of pyridine rings is 1. The molecule has 0 aromatic carbocycles. The molecule has 2 aromatic rings. The molecule has 3 aliphatic rings. The van der Waals surface area contributed by atoms with Gasteiger partial charge in [-0.3, -0.25) is 24.3 Å². The zero-order valence-electron chi connectivity index (χ0n) is 19.2. The fourth-order valence-electron chi connectivity index (χ4n) is 4.78. The maximum Gasteiger partial charge on any atom is 0.352 e. The van der Waals surface area contributed by atoms with Crippen LogP contribution in [0.1, 0.15) is 25.0 Å². The van der Waals surface area contributed by atoms with Crippen molar-refractivity contribution in [2.24, 2.45) is 5.16 Å². The molecule has 2 aromatic heterocycles. The second kappa shape index (κ2) is 9.46. The van der Waals surface area contributed by atoms with Crippen molar-refractivity contribution in [3.05, 3.63) is 58.5 Å². The Labute approximate surface area is 213 Å². The van der Waals surface area contributed by atoms with Crippen molar-refractivity contribution in [1.29, 1.82) is 0 Å². The van der Waals surface area contributed by atoms with Gasteiger partial charge in [0.05, 0.1) is 6.04 Å². The largest absolute Gasteiger partial charge is 0.477 e. The van der Waals surface area contributed by atoms with Crippen molar-refractivity contribution < 1.29 is 29.5 Å². The molecule has 5 N–H and O–H groups in total. The number of nitrogens with one attached hydrogen (secondary N) is 1. The number of hydrogen-bond acceptors (Lipinski definition) is 10. The summed E-state index contributed by atoms with van der Waals surface area (Å²) < 4.78 is 0. The lowest BCUT2D eigenvalue weighted by atomic mass is 9.82. The highest BCUT2D eigenvalue weighted by atomic mass is 32.1. The number of fused-ring (bicyclic) bond motifs is 1. The summed E-state index contributed by atoms with van der Waals surface area (Å²) in [7, 11) is 0. The first kappa shape index (κ1) is 24.1. The molecule has 0 radical (unpaired) electrons. The smallest absolute Gasteiger partial charge is 0.352 e. The van der Waals surface area contributed by atoms with Gasteiger partial charge >= 0.3 is 5.97 Å². The van der Waals surface area contributed by atoms with Crippen molar-refractivity contribution in [2.45, 2.75) is 31.3 Å². The number of carbonyl (C=O) groups is 4. The first-order valence-electron chi connectivity index (χ1n) is 11.3. The number of nitrogens with zero attached hydrogens (tertiary/aromatic N) is 5. The summed E-state index contributed by atoms with van der Waals surface area (Å²) in [6, 6.07) is 1.84.